The van der Waals surface area contributed by atoms with Crippen molar-refractivity contribution in [1.82, 2.24) is 15.5 Å². The van der Waals surface area contributed by atoms with Gasteiger partial charge in [-0.15, -0.1) is 0 Å². The molecule has 0 aromatic heterocycles. The highest BCUT2D eigenvalue weighted by atomic mass is 16.5. The second kappa shape index (κ2) is 7.61. The number of ether oxygens (including phenoxy) is 1. The third kappa shape index (κ3) is 4.31. The van der Waals surface area contributed by atoms with Gasteiger partial charge in [0, 0.05) is 19.1 Å². The monoisotopic (exact) mass is 299 g/mol. The van der Waals surface area contributed by atoms with Gasteiger partial charge >= 0.3 is 12.0 Å². The standard InChI is InChI=1S/C14H25N3O4/c1-2-17(10-5-7-15-8-6-10)14(20)16-9-11-3-4-12(21-11)13(18)19/h10-12,15H,2-9H2,1H3,(H,16,20)(H,18,19). The fourth-order valence-corrected chi connectivity index (χ4v) is 3.03. The van der Waals surface area contributed by atoms with Crippen LogP contribution < -0.4 is 10.6 Å². The normalized spacial score (nSPS) is 26.5. The van der Waals surface area contributed by atoms with Crippen molar-refractivity contribution >= 4 is 12.0 Å². The predicted octanol–water partition coefficient (Wildman–Crippen LogP) is 0.402. The van der Waals surface area contributed by atoms with Crippen LogP contribution >= 0.6 is 0 Å². The smallest absolute Gasteiger partial charge is 0.332 e. The van der Waals surface area contributed by atoms with Crippen molar-refractivity contribution in [1.29, 1.82) is 0 Å². The van der Waals surface area contributed by atoms with Gasteiger partial charge in [-0.2, -0.15) is 0 Å². The number of piperidine rings is 1. The van der Waals surface area contributed by atoms with E-state index in [2.05, 4.69) is 10.6 Å². The minimum absolute atomic E-state index is 0.0771. The number of hydrogen-bond donors (Lipinski definition) is 3. The Labute approximate surface area is 125 Å². The van der Waals surface area contributed by atoms with E-state index in [0.717, 1.165) is 25.9 Å². The Balaban J connectivity index is 1.76. The first-order valence-electron chi connectivity index (χ1n) is 7.75. The maximum atomic E-state index is 12.3. The molecule has 3 N–H and O–H groups in total. The zero-order chi connectivity index (χ0) is 15.2. The second-order valence-corrected chi connectivity index (χ2v) is 5.62. The van der Waals surface area contributed by atoms with Gasteiger partial charge in [0.05, 0.1) is 6.10 Å². The van der Waals surface area contributed by atoms with Gasteiger partial charge in [-0.3, -0.25) is 0 Å². The Morgan fingerprint density at radius 3 is 2.57 bits per heavy atom. The molecular weight excluding hydrogens is 274 g/mol. The Morgan fingerprint density at radius 2 is 2.00 bits per heavy atom. The topological polar surface area (TPSA) is 90.9 Å². The van der Waals surface area contributed by atoms with Crippen molar-refractivity contribution in [2.75, 3.05) is 26.2 Å². The van der Waals surface area contributed by atoms with Crippen molar-refractivity contribution in [2.24, 2.45) is 0 Å². The molecule has 2 amide bonds. The number of carbonyl (C=O) groups excluding carboxylic acids is 1. The maximum Gasteiger partial charge on any atom is 0.332 e. The van der Waals surface area contributed by atoms with E-state index in [1.54, 1.807) is 0 Å². The Morgan fingerprint density at radius 1 is 1.29 bits per heavy atom. The van der Waals surface area contributed by atoms with Crippen molar-refractivity contribution < 1.29 is 19.4 Å². The molecule has 2 aliphatic heterocycles. The van der Waals surface area contributed by atoms with Crippen LogP contribution in [0.4, 0.5) is 4.79 Å². The van der Waals surface area contributed by atoms with E-state index < -0.39 is 12.1 Å². The van der Waals surface area contributed by atoms with E-state index in [9.17, 15) is 9.59 Å². The summed E-state index contributed by atoms with van der Waals surface area (Å²) in [5, 5.41) is 15.1. The summed E-state index contributed by atoms with van der Waals surface area (Å²) < 4.78 is 5.39. The molecule has 2 aliphatic rings. The van der Waals surface area contributed by atoms with E-state index in [0.29, 0.717) is 25.9 Å². The van der Waals surface area contributed by atoms with Gasteiger partial charge in [0.25, 0.3) is 0 Å². The molecule has 0 aromatic rings. The summed E-state index contributed by atoms with van der Waals surface area (Å²) in [4.78, 5) is 25.0. The van der Waals surface area contributed by atoms with E-state index in [1.807, 2.05) is 11.8 Å². The molecule has 120 valence electrons. The van der Waals surface area contributed by atoms with E-state index >= 15 is 0 Å². The molecule has 2 rings (SSSR count). The van der Waals surface area contributed by atoms with Crippen LogP contribution in [0.5, 0.6) is 0 Å². The molecule has 0 spiro atoms. The highest BCUT2D eigenvalue weighted by Crippen LogP contribution is 2.19. The SMILES string of the molecule is CCN(C(=O)NCC1CCC(C(=O)O)O1)C1CCNCC1. The Bertz CT molecular complexity index is 371. The number of urea groups is 1. The molecule has 0 aliphatic carbocycles. The number of hydrogen-bond acceptors (Lipinski definition) is 4. The number of nitrogens with zero attached hydrogens (tertiary/aromatic N) is 1. The summed E-state index contributed by atoms with van der Waals surface area (Å²) in [6.45, 7) is 4.93. The van der Waals surface area contributed by atoms with Gasteiger partial charge in [0.1, 0.15) is 0 Å². The van der Waals surface area contributed by atoms with Crippen LogP contribution in [0.15, 0.2) is 0 Å². The fraction of sp³-hybridized carbons (Fsp3) is 0.857. The Hall–Kier alpha value is -1.34. The van der Waals surface area contributed by atoms with Crippen LogP contribution in [0.25, 0.3) is 0 Å². The van der Waals surface area contributed by atoms with E-state index in [-0.39, 0.29) is 18.2 Å². The first kappa shape index (κ1) is 16.0. The molecule has 7 nitrogen and oxygen atoms in total. The molecular formula is C14H25N3O4. The third-order valence-electron chi connectivity index (χ3n) is 4.21. The predicted molar refractivity (Wildman–Crippen MR) is 77.2 cm³/mol. The molecule has 0 radical (unpaired) electrons. The lowest BCUT2D eigenvalue weighted by Crippen LogP contribution is -2.51. The van der Waals surface area contributed by atoms with Crippen LogP contribution in [0.1, 0.15) is 32.6 Å². The number of carboxylic acid groups (broad SMARTS) is 1. The maximum absolute atomic E-state index is 12.3. The molecule has 0 bridgehead atoms. The number of nitrogens with one attached hydrogen (secondary N) is 2. The average molecular weight is 299 g/mol. The lowest BCUT2D eigenvalue weighted by Gasteiger charge is -2.34. The minimum atomic E-state index is -0.922. The van der Waals surface area contributed by atoms with Crippen LogP contribution in [0.2, 0.25) is 0 Å². The Kier molecular flexibility index (Phi) is 5.81. The van der Waals surface area contributed by atoms with Gasteiger partial charge in [-0.25, -0.2) is 9.59 Å². The lowest BCUT2D eigenvalue weighted by atomic mass is 10.1. The third-order valence-corrected chi connectivity index (χ3v) is 4.21. The quantitative estimate of drug-likeness (QED) is 0.683. The number of carbonyl (C=O) groups is 2. The summed E-state index contributed by atoms with van der Waals surface area (Å²) in [7, 11) is 0. The van der Waals surface area contributed by atoms with Crippen LogP contribution in [-0.4, -0.2) is 66.4 Å². The van der Waals surface area contributed by atoms with Crippen LogP contribution in [0, 0.1) is 0 Å². The summed E-state index contributed by atoms with van der Waals surface area (Å²) in [6, 6.07) is 0.208. The average Bonchev–Trinajstić information content (AvgIpc) is 2.96. The molecule has 21 heavy (non-hydrogen) atoms. The fourth-order valence-electron chi connectivity index (χ4n) is 3.03. The molecule has 0 aromatic carbocycles. The summed E-state index contributed by atoms with van der Waals surface area (Å²) in [5.41, 5.74) is 0. The van der Waals surface area contributed by atoms with Crippen molar-refractivity contribution in [2.45, 2.75) is 50.9 Å². The summed E-state index contributed by atoms with van der Waals surface area (Å²) >= 11 is 0. The van der Waals surface area contributed by atoms with Gasteiger partial charge in [0.2, 0.25) is 0 Å². The van der Waals surface area contributed by atoms with Crippen LogP contribution in [-0.2, 0) is 9.53 Å². The first-order chi connectivity index (χ1) is 10.1. The molecule has 2 fully saturated rings. The highest BCUT2D eigenvalue weighted by Gasteiger charge is 2.31. The van der Waals surface area contributed by atoms with Gasteiger partial charge in [-0.05, 0) is 45.7 Å². The van der Waals surface area contributed by atoms with E-state index in [4.69, 9.17) is 9.84 Å². The summed E-state index contributed by atoms with van der Waals surface area (Å²) in [5.74, 6) is -0.922. The zero-order valence-corrected chi connectivity index (χ0v) is 12.5. The highest BCUT2D eigenvalue weighted by molar-refractivity contribution is 5.74. The largest absolute Gasteiger partial charge is 0.479 e. The molecule has 2 heterocycles. The van der Waals surface area contributed by atoms with Gasteiger partial charge in [-0.1, -0.05) is 0 Å². The van der Waals surface area contributed by atoms with Crippen LogP contribution in [0.3, 0.4) is 0 Å². The van der Waals surface area contributed by atoms with E-state index in [1.165, 1.54) is 0 Å². The number of aliphatic carboxylic acids is 1. The second-order valence-electron chi connectivity index (χ2n) is 5.62. The number of rotatable bonds is 5. The van der Waals surface area contributed by atoms with Gasteiger partial charge in [0.15, 0.2) is 6.10 Å². The molecule has 2 atom stereocenters. The first-order valence-corrected chi connectivity index (χ1v) is 7.75. The molecule has 2 saturated heterocycles. The molecule has 2 unspecified atom stereocenters. The number of carboxylic acids is 1. The lowest BCUT2D eigenvalue weighted by molar-refractivity contribution is -0.149. The van der Waals surface area contributed by atoms with Crippen molar-refractivity contribution in [3.63, 3.8) is 0 Å². The van der Waals surface area contributed by atoms with Crippen molar-refractivity contribution in [3.8, 4) is 0 Å². The molecule has 7 heteroatoms. The zero-order valence-electron chi connectivity index (χ0n) is 12.5. The van der Waals surface area contributed by atoms with Gasteiger partial charge < -0.3 is 25.4 Å². The molecule has 0 saturated carbocycles. The summed E-state index contributed by atoms with van der Waals surface area (Å²) in [6.07, 6.45) is 2.23. The van der Waals surface area contributed by atoms with Crippen molar-refractivity contribution in [3.05, 3.63) is 0 Å². The minimum Gasteiger partial charge on any atom is -0.479 e. The number of amides is 2.